The lowest BCUT2D eigenvalue weighted by molar-refractivity contribution is -0.138. The van der Waals surface area contributed by atoms with E-state index in [9.17, 15) is 31.5 Å². The zero-order valence-corrected chi connectivity index (χ0v) is 14.6. The van der Waals surface area contributed by atoms with Crippen LogP contribution in [0.15, 0.2) is 36.4 Å². The highest BCUT2D eigenvalue weighted by atomic mass is 19.4. The normalized spacial score (nSPS) is 19.9. The second kappa shape index (κ2) is 7.29. The Kier molecular flexibility index (Phi) is 5.18. The van der Waals surface area contributed by atoms with Crippen LogP contribution in [0.2, 0.25) is 0 Å². The number of pyridine rings is 1. The van der Waals surface area contributed by atoms with Gasteiger partial charge in [0.1, 0.15) is 5.92 Å². The Bertz CT molecular complexity index is 912. The minimum absolute atomic E-state index is 0.144. The van der Waals surface area contributed by atoms with E-state index in [0.29, 0.717) is 5.56 Å². The van der Waals surface area contributed by atoms with Crippen molar-refractivity contribution in [2.75, 3.05) is 13.6 Å². The second-order valence-corrected chi connectivity index (χ2v) is 6.65. The largest absolute Gasteiger partial charge is 0.416 e. The predicted octanol–water partition coefficient (Wildman–Crippen LogP) is 3.36. The number of ketones is 1. The van der Waals surface area contributed by atoms with Gasteiger partial charge >= 0.3 is 6.18 Å². The Morgan fingerprint density at radius 3 is 2.36 bits per heavy atom. The second-order valence-electron chi connectivity index (χ2n) is 6.65. The molecule has 1 aliphatic heterocycles. The van der Waals surface area contributed by atoms with Crippen molar-refractivity contribution in [3.05, 3.63) is 65.0 Å². The standard InChI is InChI=1S/C19H15F5N2O2/c1-26-9-13(10-2-5-12(6-3-10)19(22,23)24)16(18(26)28)14(27)8-11-4-7-15(20)25-17(11)21/h2-7,13,16H,8-9H2,1H3/t13-,16+/m1/s1. The zero-order valence-electron chi connectivity index (χ0n) is 14.6. The molecule has 0 aliphatic carbocycles. The van der Waals surface area contributed by atoms with E-state index in [0.717, 1.165) is 24.3 Å². The molecule has 2 heterocycles. The third-order valence-electron chi connectivity index (χ3n) is 4.78. The lowest BCUT2D eigenvalue weighted by atomic mass is 9.83. The molecule has 3 rings (SSSR count). The van der Waals surface area contributed by atoms with Gasteiger partial charge in [-0.15, -0.1) is 0 Å². The summed E-state index contributed by atoms with van der Waals surface area (Å²) in [5.74, 6) is -5.10. The van der Waals surface area contributed by atoms with Crippen LogP contribution in [-0.2, 0) is 22.2 Å². The Balaban J connectivity index is 1.87. The summed E-state index contributed by atoms with van der Waals surface area (Å²) in [5, 5.41) is 0. The SMILES string of the molecule is CN1C[C@H](c2ccc(C(F)(F)F)cc2)[C@@H](C(=O)Cc2ccc(F)nc2F)C1=O. The Hall–Kier alpha value is -2.84. The van der Waals surface area contributed by atoms with E-state index in [1.807, 2.05) is 0 Å². The highest BCUT2D eigenvalue weighted by Crippen LogP contribution is 2.36. The van der Waals surface area contributed by atoms with E-state index in [1.165, 1.54) is 24.1 Å². The lowest BCUT2D eigenvalue weighted by Gasteiger charge is -2.17. The van der Waals surface area contributed by atoms with Gasteiger partial charge in [-0.05, 0) is 29.8 Å². The number of aromatic nitrogens is 1. The van der Waals surface area contributed by atoms with Crippen molar-refractivity contribution in [1.29, 1.82) is 0 Å². The number of rotatable bonds is 4. The van der Waals surface area contributed by atoms with E-state index in [1.54, 1.807) is 0 Å². The van der Waals surface area contributed by atoms with Crippen LogP contribution in [0.1, 0.15) is 22.6 Å². The maximum Gasteiger partial charge on any atom is 0.416 e. The highest BCUT2D eigenvalue weighted by molar-refractivity contribution is 6.04. The molecule has 1 amide bonds. The molecule has 0 bridgehead atoms. The Morgan fingerprint density at radius 1 is 1.14 bits per heavy atom. The third-order valence-corrected chi connectivity index (χ3v) is 4.78. The monoisotopic (exact) mass is 398 g/mol. The summed E-state index contributed by atoms with van der Waals surface area (Å²) in [6, 6.07) is 6.24. The molecule has 1 aromatic carbocycles. The molecular formula is C19H15F5N2O2. The average Bonchev–Trinajstić information content (AvgIpc) is 2.92. The fourth-order valence-electron chi connectivity index (χ4n) is 3.35. The molecule has 28 heavy (non-hydrogen) atoms. The topological polar surface area (TPSA) is 50.3 Å². The lowest BCUT2D eigenvalue weighted by Crippen LogP contribution is -2.29. The third kappa shape index (κ3) is 3.88. The number of likely N-dealkylation sites (tertiary alicyclic amines) is 1. The first-order valence-corrected chi connectivity index (χ1v) is 8.33. The van der Waals surface area contributed by atoms with Gasteiger partial charge in [0.05, 0.1) is 5.56 Å². The van der Waals surface area contributed by atoms with Crippen LogP contribution in [0.4, 0.5) is 22.0 Å². The molecule has 0 N–H and O–H groups in total. The number of carbonyl (C=O) groups is 2. The van der Waals surface area contributed by atoms with Crippen LogP contribution in [0.3, 0.4) is 0 Å². The van der Waals surface area contributed by atoms with Crippen LogP contribution >= 0.6 is 0 Å². The van der Waals surface area contributed by atoms with Crippen molar-refractivity contribution in [2.45, 2.75) is 18.5 Å². The molecule has 148 valence electrons. The number of likely N-dealkylation sites (N-methyl/N-ethyl adjacent to an activating group) is 1. The first-order valence-electron chi connectivity index (χ1n) is 8.33. The Labute approximate surface area is 157 Å². The van der Waals surface area contributed by atoms with Crippen molar-refractivity contribution < 1.29 is 31.5 Å². The summed E-state index contributed by atoms with van der Waals surface area (Å²) in [6.45, 7) is 0.144. The summed E-state index contributed by atoms with van der Waals surface area (Å²) in [4.78, 5) is 29.5. The van der Waals surface area contributed by atoms with Gasteiger partial charge in [-0.25, -0.2) is 0 Å². The van der Waals surface area contributed by atoms with Gasteiger partial charge in [0.25, 0.3) is 0 Å². The molecule has 9 heteroatoms. The predicted molar refractivity (Wildman–Crippen MR) is 88.2 cm³/mol. The number of carbonyl (C=O) groups excluding carboxylic acids is 2. The molecule has 0 unspecified atom stereocenters. The molecule has 2 aromatic rings. The molecule has 1 fully saturated rings. The summed E-state index contributed by atoms with van der Waals surface area (Å²) in [7, 11) is 1.48. The van der Waals surface area contributed by atoms with Gasteiger partial charge in [0.15, 0.2) is 5.78 Å². The number of nitrogens with zero attached hydrogens (tertiary/aromatic N) is 2. The molecule has 2 atom stereocenters. The summed E-state index contributed by atoms with van der Waals surface area (Å²) in [6.07, 6.45) is -4.97. The molecule has 4 nitrogen and oxygen atoms in total. The number of Topliss-reactive ketones (excluding diaryl/α,β-unsaturated/α-hetero) is 1. The molecule has 1 aromatic heterocycles. The van der Waals surface area contributed by atoms with Crippen molar-refractivity contribution in [2.24, 2.45) is 5.92 Å². The van der Waals surface area contributed by atoms with Gasteiger partial charge in [-0.1, -0.05) is 12.1 Å². The number of halogens is 5. The summed E-state index contributed by atoms with van der Waals surface area (Å²) < 4.78 is 64.9. The van der Waals surface area contributed by atoms with Gasteiger partial charge < -0.3 is 4.90 Å². The van der Waals surface area contributed by atoms with Gasteiger partial charge in [-0.2, -0.15) is 26.9 Å². The summed E-state index contributed by atoms with van der Waals surface area (Å²) >= 11 is 0. The van der Waals surface area contributed by atoms with Gasteiger partial charge in [0.2, 0.25) is 17.8 Å². The fourth-order valence-corrected chi connectivity index (χ4v) is 3.35. The van der Waals surface area contributed by atoms with Crippen LogP contribution in [-0.4, -0.2) is 35.2 Å². The minimum atomic E-state index is -4.50. The molecule has 1 saturated heterocycles. The molecular weight excluding hydrogens is 383 g/mol. The smallest absolute Gasteiger partial charge is 0.344 e. The molecule has 0 radical (unpaired) electrons. The average molecular weight is 398 g/mol. The quantitative estimate of drug-likeness (QED) is 0.451. The maximum atomic E-state index is 13.7. The number of hydrogen-bond acceptors (Lipinski definition) is 3. The van der Waals surface area contributed by atoms with Crippen molar-refractivity contribution in [3.8, 4) is 0 Å². The number of alkyl halides is 3. The van der Waals surface area contributed by atoms with E-state index in [2.05, 4.69) is 4.98 Å². The minimum Gasteiger partial charge on any atom is -0.344 e. The first kappa shape index (κ1) is 19.9. The highest BCUT2D eigenvalue weighted by Gasteiger charge is 2.44. The van der Waals surface area contributed by atoms with Gasteiger partial charge in [0, 0.05) is 31.5 Å². The zero-order chi connectivity index (χ0) is 20.6. The Morgan fingerprint density at radius 2 is 1.79 bits per heavy atom. The van der Waals surface area contributed by atoms with Crippen LogP contribution in [0.25, 0.3) is 0 Å². The van der Waals surface area contributed by atoms with E-state index >= 15 is 0 Å². The van der Waals surface area contributed by atoms with Crippen LogP contribution in [0.5, 0.6) is 0 Å². The van der Waals surface area contributed by atoms with E-state index < -0.39 is 53.6 Å². The van der Waals surface area contributed by atoms with Crippen molar-refractivity contribution in [3.63, 3.8) is 0 Å². The first-order chi connectivity index (χ1) is 13.1. The number of benzene rings is 1. The van der Waals surface area contributed by atoms with Crippen LogP contribution < -0.4 is 0 Å². The molecule has 1 aliphatic rings. The van der Waals surface area contributed by atoms with Gasteiger partial charge in [-0.3, -0.25) is 9.59 Å². The van der Waals surface area contributed by atoms with Crippen molar-refractivity contribution in [1.82, 2.24) is 9.88 Å². The van der Waals surface area contributed by atoms with E-state index in [-0.39, 0.29) is 12.1 Å². The molecule has 0 saturated carbocycles. The number of amides is 1. The number of hydrogen-bond donors (Lipinski definition) is 0. The fraction of sp³-hybridized carbons (Fsp3) is 0.316. The summed E-state index contributed by atoms with van der Waals surface area (Å²) in [5.41, 5.74) is -0.585. The van der Waals surface area contributed by atoms with Crippen molar-refractivity contribution >= 4 is 11.7 Å². The molecule has 0 spiro atoms. The van der Waals surface area contributed by atoms with Crippen LogP contribution in [0, 0.1) is 17.8 Å². The maximum absolute atomic E-state index is 13.7. The van der Waals surface area contributed by atoms with E-state index in [4.69, 9.17) is 0 Å².